The Labute approximate surface area is 163 Å². The minimum absolute atomic E-state index is 0.0744. The average Bonchev–Trinajstić information content (AvgIpc) is 3.18. The van der Waals surface area contributed by atoms with E-state index in [2.05, 4.69) is 21.0 Å². The van der Waals surface area contributed by atoms with Crippen LogP contribution in [0.25, 0.3) is 5.69 Å². The average molecular weight is 377 g/mol. The van der Waals surface area contributed by atoms with Gasteiger partial charge in [-0.25, -0.2) is 9.48 Å². The maximum absolute atomic E-state index is 12.3. The number of aryl methyl sites for hydroxylation is 1. The molecule has 0 atom stereocenters. The molecular formula is C21H23N5O2. The van der Waals surface area contributed by atoms with E-state index in [1.807, 2.05) is 55.6 Å². The predicted octanol–water partition coefficient (Wildman–Crippen LogP) is 3.85. The second kappa shape index (κ2) is 8.85. The monoisotopic (exact) mass is 377 g/mol. The van der Waals surface area contributed by atoms with Crippen LogP contribution < -0.4 is 16.0 Å². The molecule has 3 N–H and O–H groups in total. The van der Waals surface area contributed by atoms with Crippen molar-refractivity contribution in [2.75, 3.05) is 10.6 Å². The molecule has 0 aliphatic rings. The van der Waals surface area contributed by atoms with Gasteiger partial charge in [-0.05, 0) is 36.8 Å². The first-order chi connectivity index (χ1) is 13.5. The third kappa shape index (κ3) is 4.97. The first-order valence-corrected chi connectivity index (χ1v) is 9.09. The molecule has 2 aromatic carbocycles. The summed E-state index contributed by atoms with van der Waals surface area (Å²) in [6.45, 7) is 4.03. The molecule has 0 aliphatic heterocycles. The maximum Gasteiger partial charge on any atom is 0.319 e. The molecule has 3 amide bonds. The Morgan fingerprint density at radius 2 is 1.86 bits per heavy atom. The number of urea groups is 1. The molecule has 3 aromatic rings. The van der Waals surface area contributed by atoms with Gasteiger partial charge in [0.05, 0.1) is 11.9 Å². The molecule has 0 unspecified atom stereocenters. The molecule has 0 aliphatic carbocycles. The minimum Gasteiger partial charge on any atom is -0.334 e. The summed E-state index contributed by atoms with van der Waals surface area (Å²) < 4.78 is 1.76. The van der Waals surface area contributed by atoms with Crippen LogP contribution in [0.3, 0.4) is 0 Å². The molecule has 144 valence electrons. The van der Waals surface area contributed by atoms with Crippen molar-refractivity contribution in [3.8, 4) is 5.69 Å². The van der Waals surface area contributed by atoms with E-state index >= 15 is 0 Å². The highest BCUT2D eigenvalue weighted by Crippen LogP contribution is 2.20. The van der Waals surface area contributed by atoms with Crippen LogP contribution in [0.2, 0.25) is 0 Å². The van der Waals surface area contributed by atoms with Crippen molar-refractivity contribution >= 4 is 23.3 Å². The highest BCUT2D eigenvalue weighted by Gasteiger charge is 2.08. The predicted molar refractivity (Wildman–Crippen MR) is 110 cm³/mol. The Kier molecular flexibility index (Phi) is 6.06. The van der Waals surface area contributed by atoms with Crippen LogP contribution in [0.15, 0.2) is 60.9 Å². The molecule has 0 spiro atoms. The standard InChI is InChI=1S/C21H23N5O2/c1-3-20(27)24-17-10-9-15(2)19(11-17)25-21(28)22-12-16-13-23-26(14-16)18-7-5-4-6-8-18/h4-11,13-14H,3,12H2,1-2H3,(H,24,27)(H2,22,25,28). The summed E-state index contributed by atoms with van der Waals surface area (Å²) in [5.74, 6) is -0.0744. The first kappa shape index (κ1) is 19.2. The highest BCUT2D eigenvalue weighted by atomic mass is 16.2. The van der Waals surface area contributed by atoms with Crippen LogP contribution in [-0.4, -0.2) is 21.7 Å². The number of hydrogen-bond donors (Lipinski definition) is 3. The van der Waals surface area contributed by atoms with Gasteiger partial charge in [0.15, 0.2) is 0 Å². The Hall–Kier alpha value is -3.61. The topological polar surface area (TPSA) is 88.1 Å². The van der Waals surface area contributed by atoms with Crippen LogP contribution in [0.1, 0.15) is 24.5 Å². The Morgan fingerprint density at radius 1 is 1.07 bits per heavy atom. The molecule has 28 heavy (non-hydrogen) atoms. The zero-order valence-corrected chi connectivity index (χ0v) is 15.9. The molecule has 7 heteroatoms. The van der Waals surface area contributed by atoms with E-state index in [9.17, 15) is 9.59 Å². The summed E-state index contributed by atoms with van der Waals surface area (Å²) in [6, 6.07) is 14.8. The number of benzene rings is 2. The van der Waals surface area contributed by atoms with Crippen molar-refractivity contribution in [2.24, 2.45) is 0 Å². The van der Waals surface area contributed by atoms with E-state index in [1.54, 1.807) is 23.9 Å². The maximum atomic E-state index is 12.3. The Balaban J connectivity index is 1.58. The number of carbonyl (C=O) groups is 2. The van der Waals surface area contributed by atoms with Gasteiger partial charge < -0.3 is 16.0 Å². The Bertz CT molecular complexity index is 966. The number of amides is 3. The number of para-hydroxylation sites is 1. The van der Waals surface area contributed by atoms with E-state index in [-0.39, 0.29) is 11.9 Å². The molecule has 7 nitrogen and oxygen atoms in total. The lowest BCUT2D eigenvalue weighted by atomic mass is 10.2. The van der Waals surface area contributed by atoms with E-state index < -0.39 is 0 Å². The summed E-state index contributed by atoms with van der Waals surface area (Å²) in [7, 11) is 0. The molecule has 3 rings (SSSR count). The molecular weight excluding hydrogens is 354 g/mol. The number of rotatable bonds is 6. The molecule has 0 saturated heterocycles. The van der Waals surface area contributed by atoms with Crippen LogP contribution in [0.4, 0.5) is 16.2 Å². The molecule has 0 fully saturated rings. The van der Waals surface area contributed by atoms with Gasteiger partial charge >= 0.3 is 6.03 Å². The molecule has 0 saturated carbocycles. The first-order valence-electron chi connectivity index (χ1n) is 9.09. The lowest BCUT2D eigenvalue weighted by Gasteiger charge is -2.12. The van der Waals surface area contributed by atoms with Gasteiger partial charge in [-0.2, -0.15) is 5.10 Å². The molecule has 1 heterocycles. The summed E-state index contributed by atoms with van der Waals surface area (Å²) in [5, 5.41) is 12.7. The lowest BCUT2D eigenvalue weighted by Crippen LogP contribution is -2.28. The fraction of sp³-hybridized carbons (Fsp3) is 0.190. The normalized spacial score (nSPS) is 10.4. The van der Waals surface area contributed by atoms with Crippen LogP contribution in [-0.2, 0) is 11.3 Å². The van der Waals surface area contributed by atoms with E-state index in [1.165, 1.54) is 0 Å². The Morgan fingerprint density at radius 3 is 2.61 bits per heavy atom. The number of aromatic nitrogens is 2. The molecule has 0 bridgehead atoms. The van der Waals surface area contributed by atoms with Gasteiger partial charge in [0, 0.05) is 36.1 Å². The van der Waals surface area contributed by atoms with E-state index in [4.69, 9.17) is 0 Å². The number of hydrogen-bond acceptors (Lipinski definition) is 3. The molecule has 1 aromatic heterocycles. The van der Waals surface area contributed by atoms with Crippen molar-refractivity contribution in [3.05, 3.63) is 72.1 Å². The summed E-state index contributed by atoms with van der Waals surface area (Å²) in [4.78, 5) is 23.8. The van der Waals surface area contributed by atoms with Gasteiger partial charge in [-0.15, -0.1) is 0 Å². The van der Waals surface area contributed by atoms with Gasteiger partial charge in [0.2, 0.25) is 5.91 Å². The number of carbonyl (C=O) groups excluding carboxylic acids is 2. The highest BCUT2D eigenvalue weighted by molar-refractivity contribution is 5.94. The third-order valence-electron chi connectivity index (χ3n) is 4.20. The zero-order chi connectivity index (χ0) is 19.9. The van der Waals surface area contributed by atoms with Gasteiger partial charge in [-0.1, -0.05) is 31.2 Å². The van der Waals surface area contributed by atoms with Crippen molar-refractivity contribution in [1.29, 1.82) is 0 Å². The molecule has 0 radical (unpaired) electrons. The van der Waals surface area contributed by atoms with Crippen LogP contribution in [0.5, 0.6) is 0 Å². The van der Waals surface area contributed by atoms with Gasteiger partial charge in [0.1, 0.15) is 0 Å². The van der Waals surface area contributed by atoms with Crippen molar-refractivity contribution < 1.29 is 9.59 Å². The van der Waals surface area contributed by atoms with Crippen molar-refractivity contribution in [1.82, 2.24) is 15.1 Å². The minimum atomic E-state index is -0.325. The number of nitrogens with zero attached hydrogens (tertiary/aromatic N) is 2. The fourth-order valence-electron chi connectivity index (χ4n) is 2.61. The second-order valence-corrected chi connectivity index (χ2v) is 6.37. The number of anilines is 2. The second-order valence-electron chi connectivity index (χ2n) is 6.37. The van der Waals surface area contributed by atoms with Crippen LogP contribution in [0, 0.1) is 6.92 Å². The summed E-state index contributed by atoms with van der Waals surface area (Å²) >= 11 is 0. The summed E-state index contributed by atoms with van der Waals surface area (Å²) in [6.07, 6.45) is 4.00. The lowest BCUT2D eigenvalue weighted by molar-refractivity contribution is -0.115. The smallest absolute Gasteiger partial charge is 0.319 e. The van der Waals surface area contributed by atoms with Crippen molar-refractivity contribution in [3.63, 3.8) is 0 Å². The number of nitrogens with one attached hydrogen (secondary N) is 3. The van der Waals surface area contributed by atoms with Gasteiger partial charge in [-0.3, -0.25) is 4.79 Å². The summed E-state index contributed by atoms with van der Waals surface area (Å²) in [5.41, 5.74) is 4.05. The SMILES string of the molecule is CCC(=O)Nc1ccc(C)c(NC(=O)NCc2cnn(-c3ccccc3)c2)c1. The van der Waals surface area contributed by atoms with Crippen molar-refractivity contribution in [2.45, 2.75) is 26.8 Å². The quantitative estimate of drug-likeness (QED) is 0.610. The fourth-order valence-corrected chi connectivity index (χ4v) is 2.61. The van der Waals surface area contributed by atoms with E-state index in [0.29, 0.717) is 24.3 Å². The largest absolute Gasteiger partial charge is 0.334 e. The zero-order valence-electron chi connectivity index (χ0n) is 15.9. The van der Waals surface area contributed by atoms with E-state index in [0.717, 1.165) is 16.8 Å². The van der Waals surface area contributed by atoms with Gasteiger partial charge in [0.25, 0.3) is 0 Å². The third-order valence-corrected chi connectivity index (χ3v) is 4.20. The van der Waals surface area contributed by atoms with Crippen LogP contribution >= 0.6 is 0 Å².